The predicted octanol–water partition coefficient (Wildman–Crippen LogP) is 25.0. The molecule has 114 heavy (non-hydrogen) atoms. The van der Waals surface area contributed by atoms with E-state index < -0.39 is 0 Å². The van der Waals surface area contributed by atoms with Crippen molar-refractivity contribution in [3.8, 4) is 0 Å². The molecule has 0 aromatic rings. The number of ether oxygens (including phenoxy) is 5. The third-order valence-corrected chi connectivity index (χ3v) is 21.0. The molecule has 0 aromatic carbocycles. The molecular formula is C97H194O17. The summed E-state index contributed by atoms with van der Waals surface area (Å²) in [6, 6.07) is 0. The Morgan fingerprint density at radius 2 is 0.307 bits per heavy atom. The van der Waals surface area contributed by atoms with Crippen LogP contribution in [0, 0.1) is 29.6 Å². The lowest BCUT2D eigenvalue weighted by molar-refractivity contribution is -0.146. The first kappa shape index (κ1) is 120. The average molecular weight is 1630 g/mol. The SMILES string of the molecule is CCCCCCC(O)CCCCCCCCC(=O)OCC(C)CO.CCCCCCCC(O)CCCCCCCC(=O)OCC(C)CO.CCCCCCCCCCCCCC(=O)OCC(C)CO.CCCCCCCCCCCCCCC(=O)OCC(C)CO.CCCCCCCCCCCCCCCC(=O)OCC(C)CO. The van der Waals surface area contributed by atoms with Crippen molar-refractivity contribution in [1.82, 2.24) is 0 Å². The lowest BCUT2D eigenvalue weighted by Crippen LogP contribution is -2.14. The van der Waals surface area contributed by atoms with Crippen molar-refractivity contribution >= 4 is 29.8 Å². The van der Waals surface area contributed by atoms with Crippen LogP contribution in [-0.2, 0) is 47.7 Å². The zero-order valence-electron chi connectivity index (χ0n) is 76.8. The van der Waals surface area contributed by atoms with Crippen molar-refractivity contribution in [2.45, 2.75) is 499 Å². The molecule has 17 heteroatoms. The molecule has 0 aliphatic carbocycles. The summed E-state index contributed by atoms with van der Waals surface area (Å²) in [6.45, 7) is 22.5. The third kappa shape index (κ3) is 109. The Morgan fingerprint density at radius 1 is 0.193 bits per heavy atom. The molecule has 17 nitrogen and oxygen atoms in total. The normalized spacial score (nSPS) is 12.9. The molecule has 0 radical (unpaired) electrons. The molecule has 0 aliphatic heterocycles. The van der Waals surface area contributed by atoms with Crippen molar-refractivity contribution in [3.63, 3.8) is 0 Å². The van der Waals surface area contributed by atoms with Gasteiger partial charge in [0.2, 0.25) is 0 Å². The minimum absolute atomic E-state index is 0.0204. The number of hydrogen-bond acceptors (Lipinski definition) is 17. The standard InChI is InChI=1S/2C20H40O4.C20H40O3.C19H38O3.C18H36O3/c1-3-4-5-10-13-19(22)14-11-8-6-7-9-12-15-20(23)24-17-18(2)16-21;1-3-4-5-7-10-13-19(22)14-11-8-6-9-12-15-20(23)24-17-18(2)16-21;1-3-4-5-6-7-8-9-10-11-12-13-14-15-16-20(22)23-18-19(2)17-21;1-3-4-5-6-7-8-9-10-11-12-13-14-15-19(21)22-17-18(2)16-20;1-3-4-5-6-7-8-9-10-11-12-13-14-18(20)21-16-17(2)15-19/h2*18-19,21-22H,3-17H2,1-2H3;19,21H,3-18H2,1-2H3;18,20H,3-17H2,1-2H3;17,19H,3-16H2,1-2H3. The number of carbonyl (C=O) groups excluding carboxylic acids is 5. The molecule has 7 N–H and O–H groups in total. The second-order valence-electron chi connectivity index (χ2n) is 34.1. The van der Waals surface area contributed by atoms with Crippen molar-refractivity contribution in [3.05, 3.63) is 0 Å². The largest absolute Gasteiger partial charge is 0.465 e. The van der Waals surface area contributed by atoms with E-state index in [1.165, 1.54) is 250 Å². The van der Waals surface area contributed by atoms with E-state index in [-0.39, 0.29) is 105 Å². The van der Waals surface area contributed by atoms with Crippen LogP contribution in [0.1, 0.15) is 487 Å². The fourth-order valence-electron chi connectivity index (χ4n) is 12.7. The van der Waals surface area contributed by atoms with Gasteiger partial charge in [-0.3, -0.25) is 24.0 Å². The van der Waals surface area contributed by atoms with E-state index in [1.54, 1.807) is 0 Å². The summed E-state index contributed by atoms with van der Waals surface area (Å²) in [7, 11) is 0. The van der Waals surface area contributed by atoms with E-state index in [1.807, 2.05) is 34.6 Å². The summed E-state index contributed by atoms with van der Waals surface area (Å²) in [5, 5.41) is 64.1. The maximum Gasteiger partial charge on any atom is 0.305 e. The molecule has 0 rings (SSSR count). The minimum Gasteiger partial charge on any atom is -0.465 e. The van der Waals surface area contributed by atoms with Crippen LogP contribution < -0.4 is 0 Å². The molecule has 7 unspecified atom stereocenters. The topological polar surface area (TPSA) is 273 Å². The first-order valence-electron chi connectivity index (χ1n) is 48.5. The Morgan fingerprint density at radius 3 is 0.439 bits per heavy atom. The summed E-state index contributed by atoms with van der Waals surface area (Å²) < 4.78 is 25.5. The Balaban J connectivity index is -0.000000435. The number of esters is 5. The van der Waals surface area contributed by atoms with Crippen LogP contribution >= 0.6 is 0 Å². The highest BCUT2D eigenvalue weighted by atomic mass is 16.5. The van der Waals surface area contributed by atoms with E-state index >= 15 is 0 Å². The van der Waals surface area contributed by atoms with Crippen LogP contribution in [0.4, 0.5) is 0 Å². The van der Waals surface area contributed by atoms with Gasteiger partial charge < -0.3 is 59.4 Å². The highest BCUT2D eigenvalue weighted by Gasteiger charge is 2.13. The van der Waals surface area contributed by atoms with Gasteiger partial charge in [-0.1, -0.05) is 397 Å². The van der Waals surface area contributed by atoms with Gasteiger partial charge in [0.05, 0.1) is 45.2 Å². The summed E-state index contributed by atoms with van der Waals surface area (Å²) >= 11 is 0. The van der Waals surface area contributed by atoms with Crippen LogP contribution in [0.5, 0.6) is 0 Å². The number of aliphatic hydroxyl groups is 7. The average Bonchev–Trinajstić information content (AvgIpc) is 1.08. The van der Waals surface area contributed by atoms with Gasteiger partial charge in [0, 0.05) is 94.7 Å². The summed E-state index contributed by atoms with van der Waals surface area (Å²) in [5.41, 5.74) is 0. The number of hydrogen-bond donors (Lipinski definition) is 7. The molecule has 7 atom stereocenters. The number of aliphatic hydroxyl groups excluding tert-OH is 7. The monoisotopic (exact) mass is 1630 g/mol. The molecule has 684 valence electrons. The van der Waals surface area contributed by atoms with Gasteiger partial charge in [0.25, 0.3) is 0 Å². The second kappa shape index (κ2) is 102. The van der Waals surface area contributed by atoms with Crippen LogP contribution in [0.15, 0.2) is 0 Å². The molecule has 0 heterocycles. The van der Waals surface area contributed by atoms with Gasteiger partial charge in [0.15, 0.2) is 0 Å². The highest BCUT2D eigenvalue weighted by molar-refractivity contribution is 5.70. The van der Waals surface area contributed by atoms with Crippen molar-refractivity contribution in [2.75, 3.05) is 66.1 Å². The second-order valence-corrected chi connectivity index (χ2v) is 34.1. The van der Waals surface area contributed by atoms with E-state index in [4.69, 9.17) is 49.2 Å². The fraction of sp³-hybridized carbons (Fsp3) is 0.948. The maximum absolute atomic E-state index is 11.5. The van der Waals surface area contributed by atoms with Crippen LogP contribution in [0.2, 0.25) is 0 Å². The molecule has 0 fully saturated rings. The Labute approximate surface area is 704 Å². The Kier molecular flexibility index (Phi) is 107. The highest BCUT2D eigenvalue weighted by Crippen LogP contribution is 2.20. The fourth-order valence-corrected chi connectivity index (χ4v) is 12.7. The van der Waals surface area contributed by atoms with Gasteiger partial charge in [-0.05, 0) is 57.8 Å². The smallest absolute Gasteiger partial charge is 0.305 e. The lowest BCUT2D eigenvalue weighted by atomic mass is 10.0. The van der Waals surface area contributed by atoms with Gasteiger partial charge in [-0.2, -0.15) is 0 Å². The molecule has 0 amide bonds. The van der Waals surface area contributed by atoms with Gasteiger partial charge in [-0.25, -0.2) is 0 Å². The van der Waals surface area contributed by atoms with E-state index in [9.17, 15) is 34.2 Å². The molecule has 0 saturated carbocycles. The zero-order valence-corrected chi connectivity index (χ0v) is 76.8. The lowest BCUT2D eigenvalue weighted by Gasteiger charge is -2.10. The zero-order chi connectivity index (χ0) is 85.5. The van der Waals surface area contributed by atoms with Crippen molar-refractivity contribution in [1.29, 1.82) is 0 Å². The van der Waals surface area contributed by atoms with Crippen molar-refractivity contribution < 1.29 is 83.4 Å². The first-order valence-corrected chi connectivity index (χ1v) is 48.5. The van der Waals surface area contributed by atoms with Crippen molar-refractivity contribution in [2.24, 2.45) is 29.6 Å². The van der Waals surface area contributed by atoms with Crippen LogP contribution in [-0.4, -0.2) is 144 Å². The molecule has 0 aliphatic rings. The number of carbonyl (C=O) groups is 5. The quantitative estimate of drug-likeness (QED) is 0.0169. The summed E-state index contributed by atoms with van der Waals surface area (Å²) in [4.78, 5) is 57.3. The van der Waals surface area contributed by atoms with E-state index in [0.29, 0.717) is 65.1 Å². The summed E-state index contributed by atoms with van der Waals surface area (Å²) in [5.74, 6) is -0.479. The maximum atomic E-state index is 11.5. The van der Waals surface area contributed by atoms with Crippen LogP contribution in [0.3, 0.4) is 0 Å². The molecule has 0 spiro atoms. The van der Waals surface area contributed by atoms with Gasteiger partial charge in [-0.15, -0.1) is 0 Å². The molecular weight excluding hydrogens is 1440 g/mol. The predicted molar refractivity (Wildman–Crippen MR) is 477 cm³/mol. The Bertz CT molecular complexity index is 1890. The molecule has 0 saturated heterocycles. The molecule has 0 aromatic heterocycles. The third-order valence-electron chi connectivity index (χ3n) is 21.0. The van der Waals surface area contributed by atoms with E-state index in [0.717, 1.165) is 135 Å². The Hall–Kier alpha value is -2.93. The number of rotatable bonds is 82. The first-order chi connectivity index (χ1) is 55.3. The molecule has 0 bridgehead atoms. The minimum atomic E-state index is -0.159. The summed E-state index contributed by atoms with van der Waals surface area (Å²) in [6.07, 6.45) is 75.9. The van der Waals surface area contributed by atoms with Gasteiger partial charge in [0.1, 0.15) is 0 Å². The number of unbranched alkanes of at least 4 members (excludes halogenated alkanes) is 49. The van der Waals surface area contributed by atoms with Gasteiger partial charge >= 0.3 is 29.8 Å². The van der Waals surface area contributed by atoms with Crippen LogP contribution in [0.25, 0.3) is 0 Å². The van der Waals surface area contributed by atoms with E-state index in [2.05, 4.69) is 34.6 Å².